The van der Waals surface area contributed by atoms with Gasteiger partial charge in [0, 0.05) is 29.0 Å². The average Bonchev–Trinajstić information content (AvgIpc) is 2.96. The Morgan fingerprint density at radius 1 is 1.03 bits per heavy atom. The predicted octanol–water partition coefficient (Wildman–Crippen LogP) is 3.34. The molecule has 1 aliphatic heterocycles. The van der Waals surface area contributed by atoms with E-state index in [1.807, 2.05) is 0 Å². The fraction of sp³-hybridized carbons (Fsp3) is 0.238. The van der Waals surface area contributed by atoms with E-state index in [1.165, 1.54) is 0 Å². The molecule has 0 fully saturated rings. The number of esters is 1. The van der Waals surface area contributed by atoms with E-state index >= 15 is 0 Å². The molecule has 9 heteroatoms. The molecule has 0 unspecified atom stereocenters. The van der Waals surface area contributed by atoms with Gasteiger partial charge in [0.2, 0.25) is 0 Å². The highest BCUT2D eigenvalue weighted by atomic mass is 79.9. The van der Waals surface area contributed by atoms with Crippen molar-refractivity contribution in [3.05, 3.63) is 68.7 Å². The SMILES string of the molecule is O=C(COC(=O)CCCN1C(=O)c2ccc(Br)cc2C1=O)NCc1ccc(Cl)cc1. The van der Waals surface area contributed by atoms with E-state index in [2.05, 4.69) is 21.2 Å². The minimum absolute atomic E-state index is 0.0123. The van der Waals surface area contributed by atoms with Gasteiger partial charge in [-0.3, -0.25) is 24.1 Å². The summed E-state index contributed by atoms with van der Waals surface area (Å²) in [5.74, 6) is -1.76. The first-order valence-electron chi connectivity index (χ1n) is 9.17. The summed E-state index contributed by atoms with van der Waals surface area (Å²) in [7, 11) is 0. The lowest BCUT2D eigenvalue weighted by Gasteiger charge is -2.13. The van der Waals surface area contributed by atoms with Gasteiger partial charge in [0.05, 0.1) is 11.1 Å². The van der Waals surface area contributed by atoms with Crippen molar-refractivity contribution in [3.8, 4) is 0 Å². The Morgan fingerprint density at radius 2 is 1.73 bits per heavy atom. The summed E-state index contributed by atoms with van der Waals surface area (Å²) in [5, 5.41) is 3.24. The Kier molecular flexibility index (Phi) is 7.23. The van der Waals surface area contributed by atoms with Crippen LogP contribution in [0.25, 0.3) is 0 Å². The normalized spacial score (nSPS) is 12.7. The molecule has 3 rings (SSSR count). The van der Waals surface area contributed by atoms with Crippen molar-refractivity contribution in [3.63, 3.8) is 0 Å². The number of carbonyl (C=O) groups is 4. The van der Waals surface area contributed by atoms with Gasteiger partial charge >= 0.3 is 5.97 Å². The summed E-state index contributed by atoms with van der Waals surface area (Å²) in [6, 6.07) is 11.9. The smallest absolute Gasteiger partial charge is 0.306 e. The molecule has 3 amide bonds. The number of carbonyl (C=O) groups excluding carboxylic acids is 4. The van der Waals surface area contributed by atoms with Gasteiger partial charge in [-0.25, -0.2) is 0 Å². The lowest BCUT2D eigenvalue weighted by atomic mass is 10.1. The van der Waals surface area contributed by atoms with Gasteiger partial charge < -0.3 is 10.1 Å². The summed E-state index contributed by atoms with van der Waals surface area (Å²) >= 11 is 9.08. The van der Waals surface area contributed by atoms with Gasteiger partial charge in [0.15, 0.2) is 6.61 Å². The van der Waals surface area contributed by atoms with E-state index in [1.54, 1.807) is 42.5 Å². The molecule has 0 radical (unpaired) electrons. The molecule has 2 aromatic carbocycles. The average molecular weight is 494 g/mol. The standard InChI is InChI=1S/C21H18BrClN2O5/c22-14-5-8-16-17(10-14)21(29)25(20(16)28)9-1-2-19(27)30-12-18(26)24-11-13-3-6-15(23)7-4-13/h3-8,10H,1-2,9,11-12H2,(H,24,26). The monoisotopic (exact) mass is 492 g/mol. The molecule has 1 heterocycles. The number of halogens is 2. The highest BCUT2D eigenvalue weighted by molar-refractivity contribution is 9.10. The van der Waals surface area contributed by atoms with Crippen molar-refractivity contribution in [1.29, 1.82) is 0 Å². The Bertz CT molecular complexity index is 993. The maximum Gasteiger partial charge on any atom is 0.306 e. The van der Waals surface area contributed by atoms with Crippen LogP contribution in [0.15, 0.2) is 46.9 Å². The van der Waals surface area contributed by atoms with Crippen molar-refractivity contribution < 1.29 is 23.9 Å². The zero-order valence-corrected chi connectivity index (χ0v) is 18.2. The fourth-order valence-electron chi connectivity index (χ4n) is 2.92. The third-order valence-corrected chi connectivity index (χ3v) is 5.21. The van der Waals surface area contributed by atoms with Gasteiger partial charge in [-0.15, -0.1) is 0 Å². The summed E-state index contributed by atoms with van der Waals surface area (Å²) in [6.45, 7) is -0.00128. The van der Waals surface area contributed by atoms with Crippen LogP contribution in [0.1, 0.15) is 39.1 Å². The van der Waals surface area contributed by atoms with E-state index < -0.39 is 18.5 Å². The second kappa shape index (κ2) is 9.86. The predicted molar refractivity (Wildman–Crippen MR) is 113 cm³/mol. The molecular formula is C21H18BrClN2O5. The fourth-order valence-corrected chi connectivity index (χ4v) is 3.41. The molecule has 0 aromatic heterocycles. The first-order valence-corrected chi connectivity index (χ1v) is 10.3. The summed E-state index contributed by atoms with van der Waals surface area (Å²) < 4.78 is 5.65. The lowest BCUT2D eigenvalue weighted by molar-refractivity contribution is -0.148. The van der Waals surface area contributed by atoms with Gasteiger partial charge in [-0.2, -0.15) is 0 Å². The number of hydrogen-bond acceptors (Lipinski definition) is 5. The van der Waals surface area contributed by atoms with Gasteiger partial charge in [0.1, 0.15) is 0 Å². The second-order valence-electron chi connectivity index (χ2n) is 6.62. The van der Waals surface area contributed by atoms with E-state index in [0.717, 1.165) is 10.5 Å². The number of benzene rings is 2. The number of fused-ring (bicyclic) bond motifs is 1. The molecule has 0 saturated carbocycles. The van der Waals surface area contributed by atoms with E-state index in [4.69, 9.17) is 16.3 Å². The van der Waals surface area contributed by atoms with Crippen LogP contribution in [0.2, 0.25) is 5.02 Å². The zero-order chi connectivity index (χ0) is 21.7. The molecule has 0 aliphatic carbocycles. The van der Waals surface area contributed by atoms with Crippen molar-refractivity contribution in [2.75, 3.05) is 13.2 Å². The quantitative estimate of drug-likeness (QED) is 0.450. The van der Waals surface area contributed by atoms with Crippen LogP contribution in [0, 0.1) is 0 Å². The number of hydrogen-bond donors (Lipinski definition) is 1. The van der Waals surface area contributed by atoms with Crippen LogP contribution >= 0.6 is 27.5 Å². The summed E-state index contributed by atoms with van der Waals surface area (Å²) in [6.07, 6.45) is 0.236. The zero-order valence-electron chi connectivity index (χ0n) is 15.8. The largest absolute Gasteiger partial charge is 0.456 e. The molecule has 0 atom stereocenters. The van der Waals surface area contributed by atoms with Crippen LogP contribution in [-0.4, -0.2) is 41.7 Å². The maximum absolute atomic E-state index is 12.4. The van der Waals surface area contributed by atoms with Crippen molar-refractivity contribution in [1.82, 2.24) is 10.2 Å². The van der Waals surface area contributed by atoms with Crippen LogP contribution in [-0.2, 0) is 20.9 Å². The van der Waals surface area contributed by atoms with Crippen LogP contribution in [0.4, 0.5) is 0 Å². The number of rotatable bonds is 8. The van der Waals surface area contributed by atoms with Crippen molar-refractivity contribution >= 4 is 51.2 Å². The van der Waals surface area contributed by atoms with Crippen LogP contribution < -0.4 is 5.32 Å². The molecule has 1 aliphatic rings. The topological polar surface area (TPSA) is 92.8 Å². The Hall–Kier alpha value is -2.71. The molecule has 1 N–H and O–H groups in total. The van der Waals surface area contributed by atoms with E-state index in [-0.39, 0.29) is 31.2 Å². The van der Waals surface area contributed by atoms with Crippen LogP contribution in [0.5, 0.6) is 0 Å². The molecule has 0 spiro atoms. The van der Waals surface area contributed by atoms with Gasteiger partial charge in [-0.05, 0) is 42.3 Å². The number of nitrogens with one attached hydrogen (secondary N) is 1. The number of nitrogens with zero attached hydrogens (tertiary/aromatic N) is 1. The van der Waals surface area contributed by atoms with E-state index in [0.29, 0.717) is 27.2 Å². The molecule has 7 nitrogen and oxygen atoms in total. The highest BCUT2D eigenvalue weighted by Crippen LogP contribution is 2.26. The number of ether oxygens (including phenoxy) is 1. The highest BCUT2D eigenvalue weighted by Gasteiger charge is 2.35. The van der Waals surface area contributed by atoms with Crippen molar-refractivity contribution in [2.45, 2.75) is 19.4 Å². The first-order chi connectivity index (χ1) is 14.3. The molecule has 2 aromatic rings. The summed E-state index contributed by atoms with van der Waals surface area (Å²) in [4.78, 5) is 49.5. The summed E-state index contributed by atoms with van der Waals surface area (Å²) in [5.41, 5.74) is 1.56. The second-order valence-corrected chi connectivity index (χ2v) is 7.97. The lowest BCUT2D eigenvalue weighted by Crippen LogP contribution is -2.31. The third kappa shape index (κ3) is 5.46. The first kappa shape index (κ1) is 22.0. The molecule has 30 heavy (non-hydrogen) atoms. The Labute approximate surface area is 186 Å². The maximum atomic E-state index is 12.4. The van der Waals surface area contributed by atoms with Gasteiger partial charge in [-0.1, -0.05) is 39.7 Å². The molecule has 0 bridgehead atoms. The minimum Gasteiger partial charge on any atom is -0.456 e. The molecular weight excluding hydrogens is 476 g/mol. The minimum atomic E-state index is -0.573. The van der Waals surface area contributed by atoms with Crippen molar-refractivity contribution in [2.24, 2.45) is 0 Å². The number of amides is 3. The Morgan fingerprint density at radius 3 is 2.47 bits per heavy atom. The van der Waals surface area contributed by atoms with Gasteiger partial charge in [0.25, 0.3) is 17.7 Å². The Balaban J connectivity index is 1.37. The van der Waals surface area contributed by atoms with Crippen LogP contribution in [0.3, 0.4) is 0 Å². The third-order valence-electron chi connectivity index (χ3n) is 4.46. The number of imide groups is 1. The van der Waals surface area contributed by atoms with E-state index in [9.17, 15) is 19.2 Å². The molecule has 0 saturated heterocycles. The molecule has 156 valence electrons.